The van der Waals surface area contributed by atoms with E-state index in [0.717, 1.165) is 17.4 Å². The van der Waals surface area contributed by atoms with Crippen molar-refractivity contribution in [2.45, 2.75) is 11.5 Å². The van der Waals surface area contributed by atoms with Crippen molar-refractivity contribution in [1.82, 2.24) is 0 Å². The van der Waals surface area contributed by atoms with Gasteiger partial charge in [-0.05, 0) is 11.6 Å². The van der Waals surface area contributed by atoms with Gasteiger partial charge in [-0.1, -0.05) is 30.3 Å². The number of non-ortho nitro benzene ring substituents is 1. The summed E-state index contributed by atoms with van der Waals surface area (Å²) in [6.45, 7) is 0. The number of rotatable bonds is 6. The molecule has 0 unspecified atom stereocenters. The van der Waals surface area contributed by atoms with E-state index in [2.05, 4.69) is 0 Å². The van der Waals surface area contributed by atoms with Gasteiger partial charge in [-0.15, -0.1) is 0 Å². The van der Waals surface area contributed by atoms with Crippen LogP contribution in [0.2, 0.25) is 0 Å². The van der Waals surface area contributed by atoms with Gasteiger partial charge in [0.05, 0.1) is 15.9 Å². The van der Waals surface area contributed by atoms with Crippen molar-refractivity contribution < 1.29 is 9.85 Å². The third kappa shape index (κ3) is 4.03. The van der Waals surface area contributed by atoms with Gasteiger partial charge in [0.2, 0.25) is 0 Å². The predicted molar refractivity (Wildman–Crippen MR) is 81.2 cm³/mol. The molecule has 0 fully saturated rings. The Labute approximate surface area is 125 Å². The van der Waals surface area contributed by atoms with Crippen LogP contribution in [0.5, 0.6) is 0 Å². The molecule has 7 heteroatoms. The Morgan fingerprint density at radius 1 is 0.905 bits per heavy atom. The van der Waals surface area contributed by atoms with Crippen molar-refractivity contribution in [1.29, 1.82) is 0 Å². The van der Waals surface area contributed by atoms with E-state index in [4.69, 9.17) is 0 Å². The second-order valence-corrected chi connectivity index (χ2v) is 5.29. The van der Waals surface area contributed by atoms with Crippen molar-refractivity contribution in [3.63, 3.8) is 0 Å². The van der Waals surface area contributed by atoms with Crippen LogP contribution in [-0.4, -0.2) is 9.85 Å². The fourth-order valence-electron chi connectivity index (χ4n) is 1.81. The quantitative estimate of drug-likeness (QED) is 0.596. The molecule has 6 nitrogen and oxygen atoms in total. The molecule has 2 aromatic carbocycles. The Balaban J connectivity index is 2.09. The smallest absolute Gasteiger partial charge is 0.258 e. The van der Waals surface area contributed by atoms with E-state index in [1.807, 2.05) is 30.3 Å². The van der Waals surface area contributed by atoms with Crippen LogP contribution < -0.4 is 0 Å². The number of hydrogen-bond donors (Lipinski definition) is 0. The van der Waals surface area contributed by atoms with E-state index in [9.17, 15) is 20.2 Å². The Bertz CT molecular complexity index is 661. The van der Waals surface area contributed by atoms with Gasteiger partial charge in [-0.3, -0.25) is 20.2 Å². The molecule has 0 saturated carbocycles. The highest BCUT2D eigenvalue weighted by molar-refractivity contribution is 7.97. The van der Waals surface area contributed by atoms with E-state index >= 15 is 0 Å². The Hall–Kier alpha value is -2.41. The molecule has 0 radical (unpaired) electrons. The molecule has 0 atom stereocenters. The largest absolute Gasteiger partial charge is 0.280 e. The minimum Gasteiger partial charge on any atom is -0.258 e. The summed E-state index contributed by atoms with van der Waals surface area (Å²) >= 11 is 1.53. The summed E-state index contributed by atoms with van der Waals surface area (Å²) in [5.74, 6) is 1.16. The van der Waals surface area contributed by atoms with Crippen LogP contribution in [0.4, 0.5) is 11.4 Å². The minimum absolute atomic E-state index is 0.204. The number of thioether (sulfide) groups is 1. The average Bonchev–Trinajstić information content (AvgIpc) is 2.48. The second-order valence-electron chi connectivity index (χ2n) is 4.31. The molecule has 0 spiro atoms. The highest BCUT2D eigenvalue weighted by atomic mass is 32.2. The molecule has 0 bridgehead atoms. The molecule has 0 aliphatic carbocycles. The normalized spacial score (nSPS) is 10.3. The first-order valence-corrected chi connectivity index (χ1v) is 7.27. The zero-order valence-corrected chi connectivity index (χ0v) is 11.8. The molecule has 2 rings (SSSR count). The number of hydrogen-bond acceptors (Lipinski definition) is 5. The molecule has 0 amide bonds. The highest BCUT2D eigenvalue weighted by Gasteiger charge is 2.18. The molecular formula is C14H12N2O4S. The topological polar surface area (TPSA) is 86.3 Å². The van der Waals surface area contributed by atoms with E-state index in [0.29, 0.717) is 11.3 Å². The summed E-state index contributed by atoms with van der Waals surface area (Å²) in [6, 6.07) is 13.5. The summed E-state index contributed by atoms with van der Waals surface area (Å²) in [4.78, 5) is 20.5. The summed E-state index contributed by atoms with van der Waals surface area (Å²) in [7, 11) is 0. The number of benzene rings is 2. The maximum atomic E-state index is 11.0. The molecule has 108 valence electrons. The van der Waals surface area contributed by atoms with E-state index in [1.54, 1.807) is 0 Å². The van der Waals surface area contributed by atoms with Crippen LogP contribution in [-0.2, 0) is 11.5 Å². The van der Waals surface area contributed by atoms with Crippen molar-refractivity contribution in [2.24, 2.45) is 0 Å². The Morgan fingerprint density at radius 3 is 2.24 bits per heavy atom. The van der Waals surface area contributed by atoms with Crippen LogP contribution in [0.1, 0.15) is 11.1 Å². The maximum absolute atomic E-state index is 11.0. The van der Waals surface area contributed by atoms with Crippen LogP contribution in [0, 0.1) is 20.2 Å². The third-order valence-corrected chi connectivity index (χ3v) is 3.90. The average molecular weight is 304 g/mol. The van der Waals surface area contributed by atoms with E-state index in [-0.39, 0.29) is 11.4 Å². The molecular weight excluding hydrogens is 292 g/mol. The molecule has 0 N–H and O–H groups in total. The van der Waals surface area contributed by atoms with Crippen LogP contribution in [0.3, 0.4) is 0 Å². The van der Waals surface area contributed by atoms with Gasteiger partial charge >= 0.3 is 0 Å². The summed E-state index contributed by atoms with van der Waals surface area (Å²) in [6.07, 6.45) is 0. The lowest BCUT2D eigenvalue weighted by atomic mass is 10.2. The molecule has 21 heavy (non-hydrogen) atoms. The van der Waals surface area contributed by atoms with Crippen LogP contribution in [0.25, 0.3) is 0 Å². The van der Waals surface area contributed by atoms with E-state index in [1.165, 1.54) is 23.9 Å². The van der Waals surface area contributed by atoms with Crippen molar-refractivity contribution >= 4 is 23.1 Å². The lowest BCUT2D eigenvalue weighted by Gasteiger charge is -2.04. The number of nitrogens with zero attached hydrogens (tertiary/aromatic N) is 2. The van der Waals surface area contributed by atoms with Gasteiger partial charge in [0.25, 0.3) is 11.4 Å². The maximum Gasteiger partial charge on any atom is 0.280 e. The summed E-state index contributed by atoms with van der Waals surface area (Å²) in [5, 5.41) is 21.7. The van der Waals surface area contributed by atoms with Crippen molar-refractivity contribution in [3.05, 3.63) is 79.9 Å². The fourth-order valence-corrected chi connectivity index (χ4v) is 2.81. The SMILES string of the molecule is O=[N+]([O-])c1ccc(CSCc2ccccc2)c([N+](=O)[O-])c1. The standard InChI is InChI=1S/C14H12N2O4S/c17-15(18)13-7-6-12(14(8-13)16(19)20)10-21-9-11-4-2-1-3-5-11/h1-8H,9-10H2. The van der Waals surface area contributed by atoms with Gasteiger partial charge in [-0.25, -0.2) is 0 Å². The predicted octanol–water partition coefficient (Wildman–Crippen LogP) is 3.94. The number of nitro groups is 2. The first-order valence-electron chi connectivity index (χ1n) is 6.11. The van der Waals surface area contributed by atoms with Crippen LogP contribution >= 0.6 is 11.8 Å². The zero-order chi connectivity index (χ0) is 15.2. The monoisotopic (exact) mass is 304 g/mol. The molecule has 0 aliphatic rings. The van der Waals surface area contributed by atoms with E-state index < -0.39 is 9.85 Å². The second kappa shape index (κ2) is 6.85. The summed E-state index contributed by atoms with van der Waals surface area (Å²) in [5.41, 5.74) is 1.15. The van der Waals surface area contributed by atoms with Crippen LogP contribution in [0.15, 0.2) is 48.5 Å². The molecule has 0 heterocycles. The molecule has 0 aliphatic heterocycles. The van der Waals surface area contributed by atoms with Crippen molar-refractivity contribution in [3.8, 4) is 0 Å². The third-order valence-electron chi connectivity index (χ3n) is 2.85. The lowest BCUT2D eigenvalue weighted by Crippen LogP contribution is -1.97. The Morgan fingerprint density at radius 2 is 1.62 bits per heavy atom. The molecule has 0 aromatic heterocycles. The zero-order valence-electron chi connectivity index (χ0n) is 11.0. The van der Waals surface area contributed by atoms with Gasteiger partial charge in [-0.2, -0.15) is 11.8 Å². The van der Waals surface area contributed by atoms with Gasteiger partial charge in [0.1, 0.15) is 0 Å². The number of nitro benzene ring substituents is 2. The van der Waals surface area contributed by atoms with Gasteiger partial charge < -0.3 is 0 Å². The Kier molecular flexibility index (Phi) is 4.89. The minimum atomic E-state index is -0.631. The summed E-state index contributed by atoms with van der Waals surface area (Å²) < 4.78 is 0. The molecule has 2 aromatic rings. The molecule has 0 saturated heterocycles. The lowest BCUT2D eigenvalue weighted by molar-refractivity contribution is -0.394. The van der Waals surface area contributed by atoms with Gasteiger partial charge in [0.15, 0.2) is 0 Å². The first kappa shape index (κ1) is 15.0. The van der Waals surface area contributed by atoms with Gasteiger partial charge in [0, 0.05) is 23.1 Å². The first-order chi connectivity index (χ1) is 10.1. The van der Waals surface area contributed by atoms with Crippen molar-refractivity contribution in [2.75, 3.05) is 0 Å². The fraction of sp³-hybridized carbons (Fsp3) is 0.143. The highest BCUT2D eigenvalue weighted by Crippen LogP contribution is 2.28.